The molecule has 1 fully saturated rings. The Kier molecular flexibility index (Phi) is 8.75. The summed E-state index contributed by atoms with van der Waals surface area (Å²) >= 11 is 13.7. The minimum Gasteiger partial charge on any atom is -0.464 e. The smallest absolute Gasteiger partial charge is 0.410 e. The second kappa shape index (κ2) is 12.5. The zero-order valence-electron chi connectivity index (χ0n) is 26.0. The van der Waals surface area contributed by atoms with Gasteiger partial charge in [0.15, 0.2) is 6.04 Å². The second-order valence-corrected chi connectivity index (χ2v) is 13.5. The van der Waals surface area contributed by atoms with Gasteiger partial charge in [-0.3, -0.25) is 4.68 Å². The lowest BCUT2D eigenvalue weighted by Crippen LogP contribution is -2.46. The van der Waals surface area contributed by atoms with E-state index >= 15 is 4.39 Å². The van der Waals surface area contributed by atoms with Crippen molar-refractivity contribution in [2.24, 2.45) is 0 Å². The Morgan fingerprint density at radius 1 is 1.13 bits per heavy atom. The molecule has 0 N–H and O–H groups in total. The normalized spacial score (nSPS) is 20.5. The molecule has 2 aromatic carbocycles. The zero-order chi connectivity index (χ0) is 32.9. The highest BCUT2D eigenvalue weighted by Gasteiger charge is 2.36. The zero-order valence-corrected chi connectivity index (χ0v) is 27.5. The Bertz CT molecular complexity index is 1790. The van der Waals surface area contributed by atoms with Gasteiger partial charge in [-0.25, -0.2) is 23.4 Å². The molecule has 0 spiro atoms. The molecule has 46 heavy (non-hydrogen) atoms. The monoisotopic (exact) mass is 673 g/mol. The maximum absolute atomic E-state index is 15.3. The molecule has 244 valence electrons. The van der Waals surface area contributed by atoms with Gasteiger partial charge in [-0.1, -0.05) is 47.5 Å². The van der Waals surface area contributed by atoms with Gasteiger partial charge in [0.05, 0.1) is 41.8 Å². The summed E-state index contributed by atoms with van der Waals surface area (Å²) in [5.41, 5.74) is 2.89. The first kappa shape index (κ1) is 32.2. The minimum absolute atomic E-state index is 0.0367. The van der Waals surface area contributed by atoms with Crippen LogP contribution in [0.2, 0.25) is 10.0 Å². The molecule has 1 unspecified atom stereocenters. The molecule has 2 aliphatic rings. The van der Waals surface area contributed by atoms with E-state index in [1.807, 2.05) is 24.3 Å². The van der Waals surface area contributed by atoms with Crippen LogP contribution >= 0.6 is 23.2 Å². The average molecular weight is 675 g/mol. The third-order valence-corrected chi connectivity index (χ3v) is 9.06. The lowest BCUT2D eigenvalue weighted by atomic mass is 9.87. The summed E-state index contributed by atoms with van der Waals surface area (Å²) in [6.07, 6.45) is 0.931. The number of piperidine rings is 1. The predicted molar refractivity (Wildman–Crippen MR) is 171 cm³/mol. The quantitative estimate of drug-likeness (QED) is 0.199. The van der Waals surface area contributed by atoms with E-state index in [-0.39, 0.29) is 32.0 Å². The number of fused-ring (bicyclic) bond motifs is 2. The van der Waals surface area contributed by atoms with E-state index in [1.165, 1.54) is 15.9 Å². The molecule has 4 atom stereocenters. The van der Waals surface area contributed by atoms with Crippen LogP contribution in [-0.2, 0) is 27.2 Å². The maximum atomic E-state index is 15.3. The van der Waals surface area contributed by atoms with E-state index in [0.717, 1.165) is 11.1 Å². The summed E-state index contributed by atoms with van der Waals surface area (Å²) < 4.78 is 43.4. The number of hydrogen-bond donors (Lipinski definition) is 0. The van der Waals surface area contributed by atoms with Crippen LogP contribution in [0.4, 0.5) is 13.6 Å². The molecule has 0 aliphatic carbocycles. The molecule has 1 amide bonds. The number of likely N-dealkylation sites (tertiary alicyclic amines) is 1. The Morgan fingerprint density at radius 2 is 1.87 bits per heavy atom. The van der Waals surface area contributed by atoms with Crippen LogP contribution in [0.5, 0.6) is 0 Å². The van der Waals surface area contributed by atoms with Gasteiger partial charge < -0.3 is 18.9 Å². The van der Waals surface area contributed by atoms with Gasteiger partial charge in [0.2, 0.25) is 0 Å². The fourth-order valence-corrected chi connectivity index (χ4v) is 6.78. The molecule has 0 radical (unpaired) electrons. The number of halogens is 4. The lowest BCUT2D eigenvalue weighted by molar-refractivity contribution is -0.146. The first-order chi connectivity index (χ1) is 21.8. The van der Waals surface area contributed by atoms with Gasteiger partial charge in [-0.2, -0.15) is 5.10 Å². The molecular formula is C33H35Cl2F2N5O4. The highest BCUT2D eigenvalue weighted by atomic mass is 35.5. The van der Waals surface area contributed by atoms with Gasteiger partial charge >= 0.3 is 12.1 Å². The summed E-state index contributed by atoms with van der Waals surface area (Å²) in [6.45, 7) is 7.73. The average Bonchev–Trinajstić information content (AvgIpc) is 3.70. The Labute approximate surface area is 275 Å². The Hall–Kier alpha value is -3.70. The first-order valence-corrected chi connectivity index (χ1v) is 16.0. The van der Waals surface area contributed by atoms with E-state index in [9.17, 15) is 14.0 Å². The van der Waals surface area contributed by atoms with Crippen molar-refractivity contribution in [3.8, 4) is 11.1 Å². The third kappa shape index (κ3) is 6.19. The van der Waals surface area contributed by atoms with Crippen molar-refractivity contribution in [1.82, 2.24) is 24.2 Å². The summed E-state index contributed by atoms with van der Waals surface area (Å²) in [7, 11) is 0. The Morgan fingerprint density at radius 3 is 2.54 bits per heavy atom. The van der Waals surface area contributed by atoms with Gasteiger partial charge in [-0.15, -0.1) is 0 Å². The number of carbonyl (C=O) groups excluding carboxylic acids is 2. The van der Waals surface area contributed by atoms with E-state index < -0.39 is 36.0 Å². The molecule has 13 heteroatoms. The van der Waals surface area contributed by atoms with E-state index in [4.69, 9.17) is 32.7 Å². The number of benzene rings is 2. The molecule has 2 aromatic heterocycles. The number of amides is 1. The molecule has 4 aromatic rings. The number of rotatable bonds is 6. The number of ether oxygens (including phenoxy) is 2. The van der Waals surface area contributed by atoms with E-state index in [2.05, 4.69) is 10.1 Å². The number of esters is 1. The number of alkyl halides is 2. The molecule has 6 rings (SSSR count). The highest BCUT2D eigenvalue weighted by Crippen LogP contribution is 2.40. The van der Waals surface area contributed by atoms with Crippen molar-refractivity contribution in [2.75, 3.05) is 19.7 Å². The molecule has 0 saturated carbocycles. The van der Waals surface area contributed by atoms with Crippen LogP contribution in [0.15, 0.2) is 42.9 Å². The van der Waals surface area contributed by atoms with Crippen LogP contribution in [0.3, 0.4) is 0 Å². The van der Waals surface area contributed by atoms with E-state index in [0.29, 0.717) is 50.9 Å². The van der Waals surface area contributed by atoms with Crippen LogP contribution in [0, 0.1) is 0 Å². The fraction of sp³-hybridized carbons (Fsp3) is 0.455. The van der Waals surface area contributed by atoms with Gasteiger partial charge in [0, 0.05) is 41.7 Å². The lowest BCUT2D eigenvalue weighted by Gasteiger charge is -2.35. The molecular weight excluding hydrogens is 639 g/mol. The van der Waals surface area contributed by atoms with Crippen molar-refractivity contribution < 1.29 is 27.8 Å². The summed E-state index contributed by atoms with van der Waals surface area (Å²) in [5.74, 6) is -0.952. The van der Waals surface area contributed by atoms with Crippen molar-refractivity contribution in [2.45, 2.75) is 77.0 Å². The van der Waals surface area contributed by atoms with Crippen molar-refractivity contribution in [3.05, 3.63) is 69.9 Å². The van der Waals surface area contributed by atoms with Gasteiger partial charge in [-0.05, 0) is 51.3 Å². The molecule has 1 saturated heterocycles. The minimum atomic E-state index is -1.25. The number of aromatic nitrogens is 4. The van der Waals surface area contributed by atoms with E-state index in [1.54, 1.807) is 44.5 Å². The highest BCUT2D eigenvalue weighted by molar-refractivity contribution is 6.42. The van der Waals surface area contributed by atoms with Crippen LogP contribution in [0.1, 0.15) is 63.0 Å². The summed E-state index contributed by atoms with van der Waals surface area (Å²) in [6, 6.07) is 8.09. The van der Waals surface area contributed by atoms with Gasteiger partial charge in [0.25, 0.3) is 0 Å². The van der Waals surface area contributed by atoms with Gasteiger partial charge in [0.1, 0.15) is 23.5 Å². The Balaban J connectivity index is 1.27. The SMILES string of the molecule is CCOC(=O)C(c1ncn2c1C[C@@H](F)C2)n1cc2c(Cl)cc(-c3ccc([C@@H]4CCN(C(=O)OC(C)(C)C)C[C@H]4F)cc3)c(Cl)c2n1. The number of hydrogen-bond acceptors (Lipinski definition) is 6. The molecule has 0 bridgehead atoms. The molecule has 9 nitrogen and oxygen atoms in total. The fourth-order valence-electron chi connectivity index (χ4n) is 6.23. The largest absolute Gasteiger partial charge is 0.464 e. The van der Waals surface area contributed by atoms with Crippen LogP contribution in [0.25, 0.3) is 22.0 Å². The number of imidazole rings is 1. The topological polar surface area (TPSA) is 91.5 Å². The van der Waals surface area contributed by atoms with Crippen molar-refractivity contribution in [3.63, 3.8) is 0 Å². The van der Waals surface area contributed by atoms with Crippen molar-refractivity contribution >= 4 is 46.2 Å². The van der Waals surface area contributed by atoms with Crippen molar-refractivity contribution in [1.29, 1.82) is 0 Å². The maximum Gasteiger partial charge on any atom is 0.410 e. The molecule has 4 heterocycles. The third-order valence-electron chi connectivity index (χ3n) is 8.37. The van der Waals surface area contributed by atoms with Crippen LogP contribution < -0.4 is 0 Å². The summed E-state index contributed by atoms with van der Waals surface area (Å²) in [5, 5.41) is 5.88. The molecule has 2 aliphatic heterocycles. The first-order valence-electron chi connectivity index (χ1n) is 15.3. The second-order valence-electron chi connectivity index (χ2n) is 12.7. The predicted octanol–water partition coefficient (Wildman–Crippen LogP) is 7.32. The van der Waals surface area contributed by atoms with Crippen LogP contribution in [-0.4, -0.2) is 73.9 Å². The number of carbonyl (C=O) groups is 2. The number of nitrogens with zero attached hydrogens (tertiary/aromatic N) is 5. The summed E-state index contributed by atoms with van der Waals surface area (Å²) in [4.78, 5) is 31.5. The standard InChI is InChI=1S/C33H35Cl2F2N5O4/c1-5-45-31(43)30(29-26-12-20(36)14-41(26)17-38-29)42-15-23-24(34)13-22(27(35)28(23)39-42)19-8-6-18(7-9-19)21-10-11-40(16-25(21)37)32(44)46-33(2,3)4/h6-9,13,15,17,20-21,25,30H,5,10-12,14,16H2,1-4H3/t20-,21+,25-,30?/m1/s1.